The summed E-state index contributed by atoms with van der Waals surface area (Å²) in [5.41, 5.74) is 17.7. The summed E-state index contributed by atoms with van der Waals surface area (Å²) in [6, 6.07) is 81.7. The Morgan fingerprint density at radius 3 is 1.32 bits per heavy atom. The van der Waals surface area contributed by atoms with E-state index in [4.69, 9.17) is 0 Å². The SMILES string of the molecule is c1ccc(N(c2ccccc2)c2ccc3c(c2)N(c2ccccc2)c2cccc4c2B3c2ccc(-n3c5ccccc5c5ccccc53)cc2N4c2ccccc2)cc1. The van der Waals surface area contributed by atoms with Gasteiger partial charge in [-0.05, 0) is 113 Å². The van der Waals surface area contributed by atoms with Crippen LogP contribution in [-0.2, 0) is 0 Å². The van der Waals surface area contributed by atoms with Gasteiger partial charge in [0.25, 0.3) is 6.71 Å². The Hall–Kier alpha value is -7.76. The molecule has 2 aliphatic heterocycles. The van der Waals surface area contributed by atoms with Gasteiger partial charge in [0, 0.05) is 67.6 Å². The van der Waals surface area contributed by atoms with E-state index in [9.17, 15) is 0 Å². The van der Waals surface area contributed by atoms with Crippen molar-refractivity contribution in [2.75, 3.05) is 14.7 Å². The van der Waals surface area contributed by atoms with Crippen molar-refractivity contribution < 1.29 is 0 Å². The number of aromatic nitrogens is 1. The van der Waals surface area contributed by atoms with E-state index in [0.717, 1.165) is 34.1 Å². The van der Waals surface area contributed by atoms with Crippen LogP contribution in [0.25, 0.3) is 27.5 Å². The predicted octanol–water partition coefficient (Wildman–Crippen LogP) is 12.3. The lowest BCUT2D eigenvalue weighted by molar-refractivity contribution is 1.17. The molecule has 0 aliphatic carbocycles. The van der Waals surface area contributed by atoms with E-state index in [1.165, 1.54) is 60.9 Å². The van der Waals surface area contributed by atoms with Crippen LogP contribution < -0.4 is 31.1 Å². The molecule has 0 unspecified atom stereocenters. The van der Waals surface area contributed by atoms with Crippen molar-refractivity contribution in [2.45, 2.75) is 0 Å². The molecule has 10 aromatic rings. The molecule has 0 bridgehead atoms. The van der Waals surface area contributed by atoms with Gasteiger partial charge in [-0.1, -0.05) is 127 Å². The highest BCUT2D eigenvalue weighted by Crippen LogP contribution is 2.46. The lowest BCUT2D eigenvalue weighted by Gasteiger charge is -2.44. The minimum atomic E-state index is -0.00530. The Balaban J connectivity index is 1.13. The molecule has 0 saturated heterocycles. The number of nitrogens with zero attached hydrogens (tertiary/aromatic N) is 4. The quantitative estimate of drug-likeness (QED) is 0.157. The van der Waals surface area contributed by atoms with Crippen molar-refractivity contribution in [1.29, 1.82) is 0 Å². The van der Waals surface area contributed by atoms with Gasteiger partial charge in [-0.2, -0.15) is 0 Å². The molecule has 0 radical (unpaired) electrons. The van der Waals surface area contributed by atoms with Gasteiger partial charge < -0.3 is 19.3 Å². The van der Waals surface area contributed by atoms with Crippen LogP contribution in [0.1, 0.15) is 0 Å². The van der Waals surface area contributed by atoms with Crippen LogP contribution in [0.15, 0.2) is 224 Å². The number of hydrogen-bond acceptors (Lipinski definition) is 3. The van der Waals surface area contributed by atoms with E-state index >= 15 is 0 Å². The molecule has 0 saturated carbocycles. The first-order valence-electron chi connectivity index (χ1n) is 20.3. The zero-order chi connectivity index (χ0) is 38.9. The largest absolute Gasteiger partial charge is 0.311 e. The van der Waals surface area contributed by atoms with E-state index in [0.29, 0.717) is 0 Å². The van der Waals surface area contributed by atoms with E-state index in [2.05, 4.69) is 244 Å². The highest BCUT2D eigenvalue weighted by molar-refractivity contribution is 7.00. The predicted molar refractivity (Wildman–Crippen MR) is 249 cm³/mol. The summed E-state index contributed by atoms with van der Waals surface area (Å²) in [5, 5.41) is 2.52. The van der Waals surface area contributed by atoms with Crippen molar-refractivity contribution in [3.8, 4) is 5.69 Å². The Morgan fingerprint density at radius 2 is 0.780 bits per heavy atom. The molecule has 4 nitrogen and oxygen atoms in total. The third kappa shape index (κ3) is 5.18. The number of rotatable bonds is 6. The van der Waals surface area contributed by atoms with Crippen molar-refractivity contribution in [3.63, 3.8) is 0 Å². The Morgan fingerprint density at radius 1 is 0.322 bits per heavy atom. The summed E-state index contributed by atoms with van der Waals surface area (Å²) >= 11 is 0. The van der Waals surface area contributed by atoms with Crippen LogP contribution in [0.5, 0.6) is 0 Å². The fourth-order valence-corrected chi connectivity index (χ4v) is 9.70. The maximum absolute atomic E-state index is 2.48. The fourth-order valence-electron chi connectivity index (χ4n) is 9.70. The standard InChI is InChI=1S/C54H37BN4/c1-5-18-38(19-6-1)56(39-20-7-2-8-21-39)42-32-34-46-52(36-42)57(40-22-9-3-10-23-40)50-30-17-31-51-54(50)55(46)47-35-33-43(37-53(47)58(51)41-24-11-4-12-25-41)59-48-28-15-13-26-44(48)45-27-14-16-29-49(45)59/h1-37H. The monoisotopic (exact) mass is 752 g/mol. The molecule has 5 heteroatoms. The molecule has 9 aromatic carbocycles. The summed E-state index contributed by atoms with van der Waals surface area (Å²) in [6.45, 7) is -0.00530. The summed E-state index contributed by atoms with van der Waals surface area (Å²) in [7, 11) is 0. The summed E-state index contributed by atoms with van der Waals surface area (Å²) in [5.74, 6) is 0. The zero-order valence-electron chi connectivity index (χ0n) is 32.2. The zero-order valence-corrected chi connectivity index (χ0v) is 32.2. The van der Waals surface area contributed by atoms with Gasteiger partial charge in [0.05, 0.1) is 11.0 Å². The van der Waals surface area contributed by atoms with Gasteiger partial charge in [0.1, 0.15) is 0 Å². The lowest BCUT2D eigenvalue weighted by atomic mass is 9.33. The molecule has 0 fully saturated rings. The van der Waals surface area contributed by atoms with Crippen LogP contribution >= 0.6 is 0 Å². The Kier molecular flexibility index (Phi) is 7.60. The molecular weight excluding hydrogens is 715 g/mol. The van der Waals surface area contributed by atoms with Gasteiger partial charge >= 0.3 is 0 Å². The molecule has 0 N–H and O–H groups in total. The Bertz CT molecular complexity index is 3090. The van der Waals surface area contributed by atoms with Crippen LogP contribution in [-0.4, -0.2) is 11.3 Å². The molecule has 1 aromatic heterocycles. The van der Waals surface area contributed by atoms with E-state index in [1.807, 2.05) is 0 Å². The summed E-state index contributed by atoms with van der Waals surface area (Å²) in [4.78, 5) is 7.32. The van der Waals surface area contributed by atoms with Crippen LogP contribution in [0.2, 0.25) is 0 Å². The first-order chi connectivity index (χ1) is 29.3. The van der Waals surface area contributed by atoms with Gasteiger partial charge in [-0.3, -0.25) is 0 Å². The molecule has 3 heterocycles. The highest BCUT2D eigenvalue weighted by Gasteiger charge is 2.43. The normalized spacial score (nSPS) is 12.6. The topological polar surface area (TPSA) is 14.7 Å². The fraction of sp³-hybridized carbons (Fsp3) is 0. The molecule has 2 aliphatic rings. The van der Waals surface area contributed by atoms with Gasteiger partial charge in [0.15, 0.2) is 0 Å². The first kappa shape index (κ1) is 33.4. The summed E-state index contributed by atoms with van der Waals surface area (Å²) in [6.07, 6.45) is 0. The van der Waals surface area contributed by atoms with Crippen LogP contribution in [0, 0.1) is 0 Å². The van der Waals surface area contributed by atoms with Crippen molar-refractivity contribution in [2.24, 2.45) is 0 Å². The second kappa shape index (κ2) is 13.4. The first-order valence-corrected chi connectivity index (χ1v) is 20.3. The minimum Gasteiger partial charge on any atom is -0.311 e. The van der Waals surface area contributed by atoms with E-state index in [1.54, 1.807) is 0 Å². The molecule has 0 spiro atoms. The smallest absolute Gasteiger partial charge is 0.252 e. The summed E-state index contributed by atoms with van der Waals surface area (Å²) < 4.78 is 2.43. The van der Waals surface area contributed by atoms with Crippen LogP contribution in [0.4, 0.5) is 51.2 Å². The lowest BCUT2D eigenvalue weighted by Crippen LogP contribution is -2.61. The van der Waals surface area contributed by atoms with Gasteiger partial charge in [-0.25, -0.2) is 0 Å². The van der Waals surface area contributed by atoms with Gasteiger partial charge in [-0.15, -0.1) is 0 Å². The van der Waals surface area contributed by atoms with Crippen LogP contribution in [0.3, 0.4) is 0 Å². The van der Waals surface area contributed by atoms with Crippen molar-refractivity contribution in [3.05, 3.63) is 224 Å². The maximum Gasteiger partial charge on any atom is 0.252 e. The third-order valence-corrected chi connectivity index (χ3v) is 12.1. The van der Waals surface area contributed by atoms with E-state index < -0.39 is 0 Å². The van der Waals surface area contributed by atoms with Gasteiger partial charge in [0.2, 0.25) is 0 Å². The molecular formula is C54H37BN4. The number of para-hydroxylation sites is 6. The number of fused-ring (bicyclic) bond motifs is 7. The average Bonchev–Trinajstić information content (AvgIpc) is 3.64. The minimum absolute atomic E-state index is 0.00530. The second-order valence-corrected chi connectivity index (χ2v) is 15.3. The maximum atomic E-state index is 2.48. The molecule has 59 heavy (non-hydrogen) atoms. The number of hydrogen-bond donors (Lipinski definition) is 0. The number of anilines is 9. The highest BCUT2D eigenvalue weighted by atomic mass is 15.2. The molecule has 276 valence electrons. The second-order valence-electron chi connectivity index (χ2n) is 15.3. The Labute approximate surface area is 344 Å². The van der Waals surface area contributed by atoms with Crippen molar-refractivity contribution >= 4 is 96.1 Å². The third-order valence-electron chi connectivity index (χ3n) is 12.1. The molecule has 0 amide bonds. The molecule has 0 atom stereocenters. The average molecular weight is 753 g/mol. The number of benzene rings is 9. The van der Waals surface area contributed by atoms with Crippen molar-refractivity contribution in [1.82, 2.24) is 4.57 Å². The van der Waals surface area contributed by atoms with E-state index in [-0.39, 0.29) is 6.71 Å². The molecule has 12 rings (SSSR count).